The van der Waals surface area contributed by atoms with E-state index in [0.717, 1.165) is 76.2 Å². The number of hydrogen-bond donors (Lipinski definition) is 2. The van der Waals surface area contributed by atoms with Crippen molar-refractivity contribution in [2.45, 2.75) is 42.0 Å². The van der Waals surface area contributed by atoms with E-state index in [4.69, 9.17) is 16.3 Å². The van der Waals surface area contributed by atoms with E-state index in [2.05, 4.69) is 49.3 Å². The van der Waals surface area contributed by atoms with Gasteiger partial charge in [0.1, 0.15) is 4.75 Å². The molecule has 4 aromatic rings. The van der Waals surface area contributed by atoms with Crippen molar-refractivity contribution in [2.24, 2.45) is 0 Å². The van der Waals surface area contributed by atoms with E-state index in [1.165, 1.54) is 11.8 Å². The lowest BCUT2D eigenvalue weighted by Crippen LogP contribution is -2.48. The van der Waals surface area contributed by atoms with Gasteiger partial charge in [-0.25, -0.2) is 0 Å². The van der Waals surface area contributed by atoms with Crippen LogP contribution in [0, 0.1) is 6.92 Å². The molecule has 2 aliphatic rings. The van der Waals surface area contributed by atoms with Crippen LogP contribution < -0.4 is 5.32 Å². The summed E-state index contributed by atoms with van der Waals surface area (Å²) in [5.74, 6) is -0.173. The Balaban J connectivity index is 1.39. The zero-order chi connectivity index (χ0) is 30.7. The number of likely N-dealkylation sites (tertiary alicyclic amines) is 1. The van der Waals surface area contributed by atoms with E-state index < -0.39 is 10.8 Å². The summed E-state index contributed by atoms with van der Waals surface area (Å²) < 4.78 is 5.34. The van der Waals surface area contributed by atoms with E-state index in [0.29, 0.717) is 18.1 Å². The van der Waals surface area contributed by atoms with Crippen molar-refractivity contribution in [2.75, 3.05) is 39.4 Å². The van der Waals surface area contributed by atoms with Gasteiger partial charge in [-0.05, 0) is 61.9 Å². The highest BCUT2D eigenvalue weighted by molar-refractivity contribution is 9.10. The quantitative estimate of drug-likeness (QED) is 0.180. The Morgan fingerprint density at radius 3 is 2.61 bits per heavy atom. The average Bonchev–Trinajstić information content (AvgIpc) is 3.55. The zero-order valence-corrected chi connectivity index (χ0v) is 27.8. The Labute approximate surface area is 275 Å². The molecule has 1 aromatic heterocycles. The first kappa shape index (κ1) is 31.2. The summed E-state index contributed by atoms with van der Waals surface area (Å²) in [7, 11) is 0. The van der Waals surface area contributed by atoms with Gasteiger partial charge < -0.3 is 19.9 Å². The van der Waals surface area contributed by atoms with Crippen molar-refractivity contribution in [3.05, 3.63) is 99.1 Å². The largest absolute Gasteiger partial charge is 0.379 e. The Hall–Kier alpha value is -2.82. The fourth-order valence-electron chi connectivity index (χ4n) is 6.19. The fourth-order valence-corrected chi connectivity index (χ4v) is 8.10. The molecule has 230 valence electrons. The van der Waals surface area contributed by atoms with Gasteiger partial charge in [-0.15, -0.1) is 11.8 Å². The van der Waals surface area contributed by atoms with E-state index in [1.807, 2.05) is 66.6 Å². The van der Waals surface area contributed by atoms with Crippen LogP contribution in [-0.4, -0.2) is 70.7 Å². The lowest BCUT2D eigenvalue weighted by Gasteiger charge is -2.36. The lowest BCUT2D eigenvalue weighted by atomic mass is 9.91. The number of thioether (sulfide) groups is 1. The molecule has 0 bridgehead atoms. The zero-order valence-electron chi connectivity index (χ0n) is 24.7. The number of nitrogens with zero attached hydrogens (tertiary/aromatic N) is 2. The van der Waals surface area contributed by atoms with Crippen LogP contribution in [0.25, 0.3) is 10.9 Å². The first-order valence-electron chi connectivity index (χ1n) is 15.0. The molecular formula is C34H36BrClN4O3S. The summed E-state index contributed by atoms with van der Waals surface area (Å²) in [6, 6.07) is 21.3. The molecule has 0 spiro atoms. The number of carbonyl (C=O) groups excluding carboxylic acids is 2. The number of fused-ring (bicyclic) bond motifs is 1. The Kier molecular flexibility index (Phi) is 9.68. The van der Waals surface area contributed by atoms with Crippen molar-refractivity contribution in [3.63, 3.8) is 0 Å². The highest BCUT2D eigenvalue weighted by Crippen LogP contribution is 2.54. The van der Waals surface area contributed by atoms with Crippen LogP contribution in [0.4, 0.5) is 0 Å². The predicted molar refractivity (Wildman–Crippen MR) is 180 cm³/mol. The number of carbonyl (C=O) groups is 2. The van der Waals surface area contributed by atoms with E-state index in [-0.39, 0.29) is 18.2 Å². The molecule has 44 heavy (non-hydrogen) atoms. The van der Waals surface area contributed by atoms with Gasteiger partial charge in [0.05, 0.1) is 25.7 Å². The number of H-pyrrole nitrogens is 1. The maximum absolute atomic E-state index is 14.6. The number of aryl methyl sites for hydroxylation is 1. The number of nitrogens with one attached hydrogen (secondary N) is 2. The van der Waals surface area contributed by atoms with Crippen LogP contribution >= 0.6 is 39.3 Å². The van der Waals surface area contributed by atoms with Gasteiger partial charge in [-0.3, -0.25) is 14.5 Å². The molecule has 0 radical (unpaired) electrons. The summed E-state index contributed by atoms with van der Waals surface area (Å²) in [5, 5.41) is 4.90. The first-order valence-corrected chi connectivity index (χ1v) is 17.0. The van der Waals surface area contributed by atoms with Crippen LogP contribution in [0.2, 0.25) is 5.02 Å². The average molecular weight is 696 g/mol. The van der Waals surface area contributed by atoms with Crippen molar-refractivity contribution in [1.82, 2.24) is 20.1 Å². The molecule has 10 heteroatoms. The number of amides is 2. The van der Waals surface area contributed by atoms with Crippen LogP contribution in [0.5, 0.6) is 0 Å². The van der Waals surface area contributed by atoms with Crippen molar-refractivity contribution >= 4 is 62.0 Å². The molecule has 3 aromatic carbocycles. The molecule has 0 saturated carbocycles. The summed E-state index contributed by atoms with van der Waals surface area (Å²) in [6.07, 6.45) is 2.87. The number of aromatic nitrogens is 1. The molecule has 2 unspecified atom stereocenters. The molecule has 2 N–H and O–H groups in total. The topological polar surface area (TPSA) is 77.7 Å². The predicted octanol–water partition coefficient (Wildman–Crippen LogP) is 6.74. The van der Waals surface area contributed by atoms with Gasteiger partial charge in [-0.1, -0.05) is 63.4 Å². The molecule has 3 heterocycles. The molecule has 6 rings (SSSR count). The normalized spacial score (nSPS) is 20.8. The van der Waals surface area contributed by atoms with Gasteiger partial charge >= 0.3 is 0 Å². The molecule has 0 aliphatic carbocycles. The number of rotatable bonds is 10. The number of hydrogen-bond acceptors (Lipinski definition) is 5. The first-order chi connectivity index (χ1) is 21.3. The molecule has 2 fully saturated rings. The number of benzene rings is 3. The second-order valence-corrected chi connectivity index (χ2v) is 14.3. The van der Waals surface area contributed by atoms with Gasteiger partial charge in [0.15, 0.2) is 0 Å². The van der Waals surface area contributed by atoms with Crippen LogP contribution in [-0.2, 0) is 20.9 Å². The molecule has 2 amide bonds. The van der Waals surface area contributed by atoms with Gasteiger partial charge in [0.2, 0.25) is 11.8 Å². The van der Waals surface area contributed by atoms with Crippen LogP contribution in [0.1, 0.15) is 35.6 Å². The van der Waals surface area contributed by atoms with Crippen molar-refractivity contribution in [3.8, 4) is 0 Å². The molecule has 2 aliphatic heterocycles. The Morgan fingerprint density at radius 2 is 1.86 bits per heavy atom. The summed E-state index contributed by atoms with van der Waals surface area (Å²) in [4.78, 5) is 37.3. The molecular weight excluding hydrogens is 660 g/mol. The monoisotopic (exact) mass is 694 g/mol. The molecule has 2 atom stereocenters. The van der Waals surface area contributed by atoms with E-state index in [1.54, 1.807) is 0 Å². The lowest BCUT2D eigenvalue weighted by molar-refractivity contribution is -0.129. The van der Waals surface area contributed by atoms with Gasteiger partial charge in [0, 0.05) is 63.2 Å². The minimum atomic E-state index is -1.10. The van der Waals surface area contributed by atoms with Crippen molar-refractivity contribution < 1.29 is 14.3 Å². The van der Waals surface area contributed by atoms with Crippen LogP contribution in [0.3, 0.4) is 0 Å². The minimum absolute atomic E-state index is 0.0560. The second-order valence-electron chi connectivity index (χ2n) is 11.5. The van der Waals surface area contributed by atoms with E-state index >= 15 is 0 Å². The van der Waals surface area contributed by atoms with Crippen molar-refractivity contribution in [1.29, 1.82) is 0 Å². The second kappa shape index (κ2) is 13.7. The molecule has 7 nitrogen and oxygen atoms in total. The third-order valence-electron chi connectivity index (χ3n) is 8.47. The maximum atomic E-state index is 14.6. The summed E-state index contributed by atoms with van der Waals surface area (Å²) >= 11 is 11.3. The number of morpholine rings is 1. The minimum Gasteiger partial charge on any atom is -0.379 e. The number of halogens is 2. The third-order valence-corrected chi connectivity index (χ3v) is 10.6. The standard InChI is InChI=1S/C34H36BrClN4O3S/c1-23-3-10-27(11-4-23)44-34(33(42)37-13-2-14-39-15-17-43-18-16-39)20-31(41)40(22-24-5-8-26(36)9-6-24)32(34)29-21-38-30-19-25(35)7-12-28(29)30/h3-12,19,21,32,38H,2,13-18,20,22H2,1H3,(H,37,42). The highest BCUT2D eigenvalue weighted by Gasteiger charge is 2.58. The van der Waals surface area contributed by atoms with Gasteiger partial charge in [-0.2, -0.15) is 0 Å². The highest BCUT2D eigenvalue weighted by atomic mass is 79.9. The fraction of sp³-hybridized carbons (Fsp3) is 0.353. The summed E-state index contributed by atoms with van der Waals surface area (Å²) in [5.41, 5.74) is 3.97. The third kappa shape index (κ3) is 6.72. The van der Waals surface area contributed by atoms with E-state index in [9.17, 15) is 9.59 Å². The maximum Gasteiger partial charge on any atom is 0.239 e. The smallest absolute Gasteiger partial charge is 0.239 e. The molecule has 2 saturated heterocycles. The number of ether oxygens (including phenoxy) is 1. The van der Waals surface area contributed by atoms with Gasteiger partial charge in [0.25, 0.3) is 0 Å². The SMILES string of the molecule is Cc1ccc(SC2(C(=O)NCCCN3CCOCC3)CC(=O)N(Cc3ccc(Cl)cc3)C2c2c[nH]c3cc(Br)ccc23)cc1. The van der Waals surface area contributed by atoms with Crippen LogP contribution in [0.15, 0.2) is 82.3 Å². The number of aromatic amines is 1. The Bertz CT molecular complexity index is 1620. The summed E-state index contributed by atoms with van der Waals surface area (Å²) in [6.45, 7) is 7.15. The Morgan fingerprint density at radius 1 is 1.11 bits per heavy atom.